The van der Waals surface area contributed by atoms with Gasteiger partial charge in [0.15, 0.2) is 0 Å². The number of nitrogens with zero attached hydrogens (tertiary/aromatic N) is 5. The lowest BCUT2D eigenvalue weighted by atomic mass is 10.1. The zero-order valence-corrected chi connectivity index (χ0v) is 20.6. The van der Waals surface area contributed by atoms with Crippen molar-refractivity contribution in [3.05, 3.63) is 71.1 Å². The van der Waals surface area contributed by atoms with Gasteiger partial charge in [-0.15, -0.1) is 11.3 Å². The van der Waals surface area contributed by atoms with Crippen LogP contribution in [0.25, 0.3) is 27.8 Å². The Labute approximate surface area is 207 Å². The Hall–Kier alpha value is -3.43. The van der Waals surface area contributed by atoms with Gasteiger partial charge in [-0.05, 0) is 81.1 Å². The average Bonchev–Trinajstić information content (AvgIpc) is 3.61. The fourth-order valence-corrected chi connectivity index (χ4v) is 5.31. The first-order valence-corrected chi connectivity index (χ1v) is 12.6. The molecule has 0 spiro atoms. The summed E-state index contributed by atoms with van der Waals surface area (Å²) in [5, 5.41) is 9.55. The third-order valence-corrected chi connectivity index (χ3v) is 7.35. The van der Waals surface area contributed by atoms with E-state index in [1.165, 1.54) is 36.3 Å². The van der Waals surface area contributed by atoms with Gasteiger partial charge in [-0.1, -0.05) is 6.07 Å². The van der Waals surface area contributed by atoms with Gasteiger partial charge in [0.05, 0.1) is 22.3 Å². The fourth-order valence-electron chi connectivity index (χ4n) is 4.54. The van der Waals surface area contributed by atoms with Gasteiger partial charge in [-0.3, -0.25) is 4.79 Å². The van der Waals surface area contributed by atoms with Crippen LogP contribution in [-0.4, -0.2) is 56.7 Å². The van der Waals surface area contributed by atoms with Crippen LogP contribution in [0.5, 0.6) is 0 Å². The molecule has 1 N–H and O–H groups in total. The van der Waals surface area contributed by atoms with E-state index in [0.717, 1.165) is 29.0 Å². The third kappa shape index (κ3) is 4.87. The molecular formula is C26H27FN6OS. The molecule has 4 heterocycles. The summed E-state index contributed by atoms with van der Waals surface area (Å²) in [5.74, 6) is -0.112. The van der Waals surface area contributed by atoms with E-state index in [-0.39, 0.29) is 11.7 Å². The number of hydrogen-bond acceptors (Lipinski definition) is 6. The fraction of sp³-hybridized carbons (Fsp3) is 0.308. The number of benzene rings is 1. The number of halogens is 1. The summed E-state index contributed by atoms with van der Waals surface area (Å²) in [4.78, 5) is 25.7. The Morgan fingerprint density at radius 3 is 2.77 bits per heavy atom. The summed E-state index contributed by atoms with van der Waals surface area (Å²) in [5.41, 5.74) is 3.48. The van der Waals surface area contributed by atoms with E-state index >= 15 is 0 Å². The second kappa shape index (κ2) is 10.1. The molecule has 9 heteroatoms. The molecule has 0 bridgehead atoms. The van der Waals surface area contributed by atoms with Crippen LogP contribution < -0.4 is 5.32 Å². The Morgan fingerprint density at radius 1 is 1.23 bits per heavy atom. The van der Waals surface area contributed by atoms with Gasteiger partial charge in [-0.25, -0.2) is 14.4 Å². The number of rotatable bonds is 7. The molecular weight excluding hydrogens is 463 g/mol. The first-order valence-electron chi connectivity index (χ1n) is 11.7. The van der Waals surface area contributed by atoms with Crippen LogP contribution in [0.4, 0.5) is 4.39 Å². The number of amides is 1. The smallest absolute Gasteiger partial charge is 0.255 e. The van der Waals surface area contributed by atoms with Gasteiger partial charge in [0.25, 0.3) is 11.9 Å². The van der Waals surface area contributed by atoms with E-state index in [9.17, 15) is 9.18 Å². The maximum atomic E-state index is 13.4. The highest BCUT2D eigenvalue weighted by Crippen LogP contribution is 2.31. The molecule has 1 saturated heterocycles. The topological polar surface area (TPSA) is 75.9 Å². The highest BCUT2D eigenvalue weighted by Gasteiger charge is 2.24. The monoisotopic (exact) mass is 490 g/mol. The maximum absolute atomic E-state index is 13.4. The number of likely N-dealkylation sites (tertiary alicyclic amines) is 1. The van der Waals surface area contributed by atoms with Crippen molar-refractivity contribution in [1.29, 1.82) is 0 Å². The lowest BCUT2D eigenvalue weighted by Gasteiger charge is -2.19. The average molecular weight is 491 g/mol. The van der Waals surface area contributed by atoms with Gasteiger partial charge in [-0.2, -0.15) is 9.78 Å². The van der Waals surface area contributed by atoms with Crippen molar-refractivity contribution in [3.63, 3.8) is 0 Å². The molecule has 1 atom stereocenters. The van der Waals surface area contributed by atoms with Crippen LogP contribution in [-0.2, 0) is 0 Å². The van der Waals surface area contributed by atoms with Crippen LogP contribution in [0, 0.1) is 12.7 Å². The molecule has 1 fully saturated rings. The number of nitrogens with one attached hydrogen (secondary N) is 1. The molecule has 1 aliphatic heterocycles. The molecule has 0 radical (unpaired) electrons. The van der Waals surface area contributed by atoms with Crippen molar-refractivity contribution in [2.75, 3.05) is 20.1 Å². The normalized spacial score (nSPS) is 16.0. The largest absolute Gasteiger partial charge is 0.352 e. The molecule has 1 aliphatic rings. The Morgan fingerprint density at radius 2 is 2.06 bits per heavy atom. The van der Waals surface area contributed by atoms with Gasteiger partial charge in [0, 0.05) is 24.3 Å². The highest BCUT2D eigenvalue weighted by atomic mass is 32.1. The Bertz CT molecular complexity index is 1320. The van der Waals surface area contributed by atoms with Crippen LogP contribution in [0.2, 0.25) is 0 Å². The SMILES string of the molecule is Cc1cnc(-n2ncc(C(=O)NCCC3CCCN3C)c2-c2cccs2)nc1-c1ccc(F)cc1. The second-order valence-corrected chi connectivity index (χ2v) is 9.77. The molecule has 3 aromatic heterocycles. The minimum atomic E-state index is -0.303. The molecule has 1 amide bonds. The lowest BCUT2D eigenvalue weighted by Crippen LogP contribution is -2.31. The van der Waals surface area contributed by atoms with Crippen LogP contribution in [0.3, 0.4) is 0 Å². The predicted molar refractivity (Wildman–Crippen MR) is 135 cm³/mol. The summed E-state index contributed by atoms with van der Waals surface area (Å²) < 4.78 is 15.1. The van der Waals surface area contributed by atoms with Gasteiger partial charge >= 0.3 is 0 Å². The molecule has 0 aliphatic carbocycles. The molecule has 1 unspecified atom stereocenters. The van der Waals surface area contributed by atoms with Crippen LogP contribution in [0.15, 0.2) is 54.2 Å². The van der Waals surface area contributed by atoms with Crippen molar-refractivity contribution in [2.45, 2.75) is 32.2 Å². The lowest BCUT2D eigenvalue weighted by molar-refractivity contribution is 0.0951. The van der Waals surface area contributed by atoms with Gasteiger partial charge < -0.3 is 10.2 Å². The number of aryl methyl sites for hydroxylation is 1. The quantitative estimate of drug-likeness (QED) is 0.406. The zero-order valence-electron chi connectivity index (χ0n) is 19.7. The van der Waals surface area contributed by atoms with Crippen molar-refractivity contribution >= 4 is 17.2 Å². The van der Waals surface area contributed by atoms with E-state index in [0.29, 0.717) is 35.5 Å². The second-order valence-electron chi connectivity index (χ2n) is 8.83. The summed E-state index contributed by atoms with van der Waals surface area (Å²) in [6.45, 7) is 3.63. The van der Waals surface area contributed by atoms with Crippen LogP contribution in [0.1, 0.15) is 35.2 Å². The number of thiophene rings is 1. The first-order chi connectivity index (χ1) is 17.0. The molecule has 7 nitrogen and oxygen atoms in total. The predicted octanol–water partition coefficient (Wildman–Crippen LogP) is 4.72. The molecule has 180 valence electrons. The van der Waals surface area contributed by atoms with E-state index in [2.05, 4.69) is 27.3 Å². The van der Waals surface area contributed by atoms with Gasteiger partial charge in [0.2, 0.25) is 0 Å². The molecule has 4 aromatic rings. The highest BCUT2D eigenvalue weighted by molar-refractivity contribution is 7.13. The van der Waals surface area contributed by atoms with Crippen molar-refractivity contribution in [2.24, 2.45) is 0 Å². The summed E-state index contributed by atoms with van der Waals surface area (Å²) >= 11 is 1.53. The van der Waals surface area contributed by atoms with Crippen molar-refractivity contribution < 1.29 is 9.18 Å². The summed E-state index contributed by atoms with van der Waals surface area (Å²) in [6, 6.07) is 10.6. The minimum Gasteiger partial charge on any atom is -0.352 e. The Kier molecular flexibility index (Phi) is 6.70. The Balaban J connectivity index is 1.46. The van der Waals surface area contributed by atoms with Crippen LogP contribution >= 0.6 is 11.3 Å². The summed E-state index contributed by atoms with van der Waals surface area (Å²) in [6.07, 6.45) is 6.60. The number of aromatic nitrogens is 4. The van der Waals surface area contributed by atoms with E-state index in [1.807, 2.05) is 24.4 Å². The first kappa shape index (κ1) is 23.3. The molecule has 35 heavy (non-hydrogen) atoms. The minimum absolute atomic E-state index is 0.161. The molecule has 0 saturated carbocycles. The van der Waals surface area contributed by atoms with Gasteiger partial charge in [0.1, 0.15) is 11.5 Å². The van der Waals surface area contributed by atoms with Crippen molar-refractivity contribution in [3.8, 4) is 27.8 Å². The van der Waals surface area contributed by atoms with E-state index in [4.69, 9.17) is 4.98 Å². The molecule has 5 rings (SSSR count). The third-order valence-electron chi connectivity index (χ3n) is 6.47. The maximum Gasteiger partial charge on any atom is 0.255 e. The van der Waals surface area contributed by atoms with E-state index < -0.39 is 0 Å². The number of hydrogen-bond donors (Lipinski definition) is 1. The number of carbonyl (C=O) groups excluding carboxylic acids is 1. The number of carbonyl (C=O) groups is 1. The van der Waals surface area contributed by atoms with Crippen molar-refractivity contribution in [1.82, 2.24) is 30.0 Å². The molecule has 1 aromatic carbocycles. The zero-order chi connectivity index (χ0) is 24.4. The van der Waals surface area contributed by atoms with E-state index in [1.54, 1.807) is 29.2 Å². The standard InChI is InChI=1S/C26H27FN6OS/c1-17-15-29-26(31-23(17)18-7-9-19(27)10-8-18)33-24(22-6-4-14-35-22)21(16-30-33)25(34)28-12-11-20-5-3-13-32(20)2/h4,6-10,14-16,20H,3,5,11-13H2,1-2H3,(H,28,34). The summed E-state index contributed by atoms with van der Waals surface area (Å²) in [7, 11) is 2.14.